The third-order valence-electron chi connectivity index (χ3n) is 2.57. The summed E-state index contributed by atoms with van der Waals surface area (Å²) in [5, 5.41) is 4.94. The van der Waals surface area contributed by atoms with Crippen LogP contribution < -0.4 is 5.32 Å². The molecule has 0 spiro atoms. The van der Waals surface area contributed by atoms with Crippen LogP contribution in [0.4, 0.5) is 0 Å². The van der Waals surface area contributed by atoms with E-state index in [0.29, 0.717) is 24.0 Å². The molecule has 0 aliphatic heterocycles. The molecule has 1 aromatic rings. The predicted molar refractivity (Wildman–Crippen MR) is 79.6 cm³/mol. The van der Waals surface area contributed by atoms with Gasteiger partial charge in [-0.2, -0.15) is 4.31 Å². The third kappa shape index (κ3) is 4.32. The minimum Gasteiger partial charge on any atom is -0.310 e. The van der Waals surface area contributed by atoms with E-state index < -0.39 is 10.0 Å². The summed E-state index contributed by atoms with van der Waals surface area (Å²) in [5.41, 5.74) is 0. The van der Waals surface area contributed by atoms with Gasteiger partial charge in [-0.3, -0.25) is 0 Å². The Morgan fingerprint density at radius 2 is 2.21 bits per heavy atom. The summed E-state index contributed by atoms with van der Waals surface area (Å²) in [6.45, 7) is 7.05. The summed E-state index contributed by atoms with van der Waals surface area (Å²) in [4.78, 5) is 1.33. The molecular formula is C13H20N2O2S2. The normalized spacial score (nSPS) is 12.0. The van der Waals surface area contributed by atoms with Crippen LogP contribution in [-0.4, -0.2) is 31.9 Å². The molecule has 0 atom stereocenters. The standard InChI is InChI=1S/C13H20N2O2S2/c1-5-7-15(6-2)19(16,17)13-8-12(18-10-13)9-14-11(3)4/h1,8,10-11,14H,6-7,9H2,2-4H3. The predicted octanol–water partition coefficient (Wildman–Crippen LogP) is 1.89. The zero-order valence-corrected chi connectivity index (χ0v) is 13.1. The fraction of sp³-hybridized carbons (Fsp3) is 0.538. The largest absolute Gasteiger partial charge is 0.310 e. The fourth-order valence-corrected chi connectivity index (χ4v) is 4.09. The molecule has 0 aliphatic carbocycles. The van der Waals surface area contributed by atoms with Gasteiger partial charge in [0.2, 0.25) is 10.0 Å². The molecule has 1 rings (SSSR count). The van der Waals surface area contributed by atoms with Crippen molar-refractivity contribution in [2.45, 2.75) is 38.3 Å². The summed E-state index contributed by atoms with van der Waals surface area (Å²) in [5.74, 6) is 2.38. The zero-order valence-electron chi connectivity index (χ0n) is 11.5. The van der Waals surface area contributed by atoms with E-state index in [1.807, 2.05) is 0 Å². The number of sulfonamides is 1. The van der Waals surface area contributed by atoms with Gasteiger partial charge in [0.1, 0.15) is 0 Å². The number of hydrogen-bond donors (Lipinski definition) is 1. The molecule has 106 valence electrons. The average molecular weight is 300 g/mol. The fourth-order valence-electron chi connectivity index (χ4n) is 1.51. The van der Waals surface area contributed by atoms with Gasteiger partial charge in [-0.25, -0.2) is 8.42 Å². The number of nitrogens with one attached hydrogen (secondary N) is 1. The summed E-state index contributed by atoms with van der Waals surface area (Å²) in [6, 6.07) is 2.09. The Hall–Kier alpha value is -0.870. The van der Waals surface area contributed by atoms with Crippen LogP contribution in [0.15, 0.2) is 16.3 Å². The Morgan fingerprint density at radius 3 is 2.74 bits per heavy atom. The molecular weight excluding hydrogens is 280 g/mol. The SMILES string of the molecule is C#CCN(CC)S(=O)(=O)c1csc(CNC(C)C)c1. The van der Waals surface area contributed by atoms with E-state index in [1.54, 1.807) is 18.4 Å². The van der Waals surface area contributed by atoms with Crippen LogP contribution in [0.3, 0.4) is 0 Å². The summed E-state index contributed by atoms with van der Waals surface area (Å²) in [6.07, 6.45) is 5.20. The van der Waals surface area contributed by atoms with Gasteiger partial charge < -0.3 is 5.32 Å². The van der Waals surface area contributed by atoms with Gasteiger partial charge in [0, 0.05) is 29.4 Å². The lowest BCUT2D eigenvalue weighted by molar-refractivity contribution is 0.464. The molecule has 0 saturated heterocycles. The van der Waals surface area contributed by atoms with Crippen molar-refractivity contribution in [1.29, 1.82) is 0 Å². The summed E-state index contributed by atoms with van der Waals surface area (Å²) >= 11 is 1.44. The Bertz CT molecular complexity index is 541. The van der Waals surface area contributed by atoms with Gasteiger partial charge in [-0.1, -0.05) is 26.7 Å². The number of terminal acetylenes is 1. The number of nitrogens with zero attached hydrogens (tertiary/aromatic N) is 1. The van der Waals surface area contributed by atoms with Gasteiger partial charge >= 0.3 is 0 Å². The van der Waals surface area contributed by atoms with Crippen LogP contribution in [0.1, 0.15) is 25.6 Å². The molecule has 0 saturated carbocycles. The maximum atomic E-state index is 12.3. The molecule has 0 fully saturated rings. The van der Waals surface area contributed by atoms with Crippen molar-refractivity contribution in [2.24, 2.45) is 0 Å². The second kappa shape index (κ2) is 7.06. The highest BCUT2D eigenvalue weighted by atomic mass is 32.2. The smallest absolute Gasteiger partial charge is 0.244 e. The Labute approximate surface area is 119 Å². The number of hydrogen-bond acceptors (Lipinski definition) is 4. The highest BCUT2D eigenvalue weighted by Crippen LogP contribution is 2.22. The lowest BCUT2D eigenvalue weighted by Crippen LogP contribution is -2.31. The first kappa shape index (κ1) is 16.2. The molecule has 4 nitrogen and oxygen atoms in total. The van der Waals surface area contributed by atoms with Crippen molar-refractivity contribution in [3.8, 4) is 12.3 Å². The van der Waals surface area contributed by atoms with Gasteiger partial charge in [0.05, 0.1) is 11.4 Å². The molecule has 0 amide bonds. The average Bonchev–Trinajstić information content (AvgIpc) is 2.82. The monoisotopic (exact) mass is 300 g/mol. The van der Waals surface area contributed by atoms with Crippen molar-refractivity contribution in [2.75, 3.05) is 13.1 Å². The van der Waals surface area contributed by atoms with Gasteiger partial charge in [-0.15, -0.1) is 17.8 Å². The molecule has 0 aromatic carbocycles. The second-order valence-electron chi connectivity index (χ2n) is 4.42. The minimum atomic E-state index is -3.46. The number of thiophene rings is 1. The van der Waals surface area contributed by atoms with E-state index in [2.05, 4.69) is 25.1 Å². The molecule has 19 heavy (non-hydrogen) atoms. The van der Waals surface area contributed by atoms with Crippen molar-refractivity contribution < 1.29 is 8.42 Å². The minimum absolute atomic E-state index is 0.105. The maximum Gasteiger partial charge on any atom is 0.244 e. The molecule has 0 unspecified atom stereocenters. The number of rotatable bonds is 7. The Balaban J connectivity index is 2.88. The lowest BCUT2D eigenvalue weighted by Gasteiger charge is -2.16. The Morgan fingerprint density at radius 1 is 1.53 bits per heavy atom. The highest BCUT2D eigenvalue weighted by Gasteiger charge is 2.23. The molecule has 1 aromatic heterocycles. The van der Waals surface area contributed by atoms with E-state index in [4.69, 9.17) is 6.42 Å². The van der Waals surface area contributed by atoms with Crippen LogP contribution in [0.25, 0.3) is 0 Å². The molecule has 1 N–H and O–H groups in total. The molecule has 1 heterocycles. The quantitative estimate of drug-likeness (QED) is 0.782. The van der Waals surface area contributed by atoms with E-state index in [1.165, 1.54) is 15.6 Å². The zero-order chi connectivity index (χ0) is 14.5. The summed E-state index contributed by atoms with van der Waals surface area (Å²) in [7, 11) is -3.46. The van der Waals surface area contributed by atoms with E-state index in [9.17, 15) is 8.42 Å². The third-order valence-corrected chi connectivity index (χ3v) is 5.56. The first-order valence-corrected chi connectivity index (χ1v) is 8.48. The topological polar surface area (TPSA) is 49.4 Å². The second-order valence-corrected chi connectivity index (χ2v) is 7.35. The lowest BCUT2D eigenvalue weighted by atomic mass is 10.4. The molecule has 0 bridgehead atoms. The van der Waals surface area contributed by atoms with Gasteiger partial charge in [-0.05, 0) is 6.07 Å². The van der Waals surface area contributed by atoms with Crippen LogP contribution in [0, 0.1) is 12.3 Å². The van der Waals surface area contributed by atoms with Crippen molar-refractivity contribution in [3.63, 3.8) is 0 Å². The van der Waals surface area contributed by atoms with Gasteiger partial charge in [0.15, 0.2) is 0 Å². The van der Waals surface area contributed by atoms with E-state index in [-0.39, 0.29) is 6.54 Å². The van der Waals surface area contributed by atoms with Crippen LogP contribution >= 0.6 is 11.3 Å². The van der Waals surface area contributed by atoms with E-state index in [0.717, 1.165) is 4.88 Å². The molecule has 0 aliphatic rings. The molecule has 6 heteroatoms. The van der Waals surface area contributed by atoms with Crippen molar-refractivity contribution >= 4 is 21.4 Å². The summed E-state index contributed by atoms with van der Waals surface area (Å²) < 4.78 is 25.9. The maximum absolute atomic E-state index is 12.3. The van der Waals surface area contributed by atoms with Crippen molar-refractivity contribution in [1.82, 2.24) is 9.62 Å². The van der Waals surface area contributed by atoms with Crippen LogP contribution in [0.5, 0.6) is 0 Å². The van der Waals surface area contributed by atoms with Crippen LogP contribution in [-0.2, 0) is 16.6 Å². The highest BCUT2D eigenvalue weighted by molar-refractivity contribution is 7.89. The van der Waals surface area contributed by atoms with Crippen molar-refractivity contribution in [3.05, 3.63) is 16.3 Å². The first-order chi connectivity index (χ1) is 8.91. The Kier molecular flexibility index (Phi) is 6.01. The molecule has 0 radical (unpaired) electrons. The van der Waals surface area contributed by atoms with Crippen LogP contribution in [0.2, 0.25) is 0 Å². The van der Waals surface area contributed by atoms with E-state index >= 15 is 0 Å². The van der Waals surface area contributed by atoms with Gasteiger partial charge in [0.25, 0.3) is 0 Å². The first-order valence-electron chi connectivity index (χ1n) is 6.16.